The van der Waals surface area contributed by atoms with Crippen molar-refractivity contribution in [2.24, 2.45) is 34.5 Å². The van der Waals surface area contributed by atoms with Crippen LogP contribution in [0.4, 0.5) is 4.79 Å². The number of fused-ring (bicyclic) bond motifs is 5. The van der Waals surface area contributed by atoms with E-state index in [1.54, 1.807) is 6.08 Å². The standard InChI is InChI=1S/C30H44N2O8/c1-28-7-5-20(40-27(36)38-12-11-32-10-9-31-25(34)16-32)14-19(28)3-4-22-23(28)15-24(33)29(2)21(6-8-30(22,29)37)18-13-26(35)39-17-18/h13,19-24,33,37H,3-12,14-17H2,1-2H3,(H,31,34)/t19-,20+,21-,22-,23+,24-,28+,29+,30+/m1/s1. The zero-order chi connectivity index (χ0) is 28.3. The van der Waals surface area contributed by atoms with E-state index in [9.17, 15) is 24.6 Å². The molecule has 3 N–H and O–H groups in total. The van der Waals surface area contributed by atoms with Gasteiger partial charge in [-0.15, -0.1) is 0 Å². The Morgan fingerprint density at radius 2 is 1.98 bits per heavy atom. The molecule has 4 saturated carbocycles. The van der Waals surface area contributed by atoms with Gasteiger partial charge < -0.3 is 29.7 Å². The van der Waals surface area contributed by atoms with Crippen LogP contribution in [0.25, 0.3) is 0 Å². The highest BCUT2D eigenvalue weighted by atomic mass is 16.7. The predicted octanol–water partition coefficient (Wildman–Crippen LogP) is 2.17. The molecule has 9 atom stereocenters. The van der Waals surface area contributed by atoms with E-state index < -0.39 is 23.3 Å². The molecule has 0 aromatic heterocycles. The fourth-order valence-electron chi connectivity index (χ4n) is 9.77. The van der Waals surface area contributed by atoms with Crippen LogP contribution in [0.1, 0.15) is 65.2 Å². The van der Waals surface area contributed by atoms with Gasteiger partial charge in [-0.25, -0.2) is 9.59 Å². The van der Waals surface area contributed by atoms with Gasteiger partial charge in [-0.05, 0) is 86.0 Å². The number of piperazine rings is 1. The van der Waals surface area contributed by atoms with Crippen LogP contribution in [0.5, 0.6) is 0 Å². The number of cyclic esters (lactones) is 1. The zero-order valence-corrected chi connectivity index (χ0v) is 23.7. The molecule has 40 heavy (non-hydrogen) atoms. The first kappa shape index (κ1) is 28.0. The van der Waals surface area contributed by atoms with Crippen molar-refractivity contribution in [1.29, 1.82) is 0 Å². The molecule has 6 aliphatic rings. The van der Waals surface area contributed by atoms with E-state index in [0.29, 0.717) is 38.4 Å². The second-order valence-electron chi connectivity index (χ2n) is 13.6. The lowest BCUT2D eigenvalue weighted by Gasteiger charge is -2.65. The van der Waals surface area contributed by atoms with Crippen LogP contribution in [0.3, 0.4) is 0 Å². The summed E-state index contributed by atoms with van der Waals surface area (Å²) in [6, 6.07) is 0. The van der Waals surface area contributed by atoms with Crippen LogP contribution >= 0.6 is 0 Å². The molecular weight excluding hydrogens is 516 g/mol. The quantitative estimate of drug-likeness (QED) is 0.433. The van der Waals surface area contributed by atoms with Crippen molar-refractivity contribution >= 4 is 18.0 Å². The Hall–Kier alpha value is -2.17. The predicted molar refractivity (Wildman–Crippen MR) is 143 cm³/mol. The maximum absolute atomic E-state index is 12.4. The molecule has 222 valence electrons. The van der Waals surface area contributed by atoms with Crippen molar-refractivity contribution < 1.29 is 38.8 Å². The monoisotopic (exact) mass is 560 g/mol. The molecule has 0 bridgehead atoms. The second kappa shape index (κ2) is 10.3. The first-order valence-electron chi connectivity index (χ1n) is 15.1. The first-order chi connectivity index (χ1) is 19.0. The van der Waals surface area contributed by atoms with Crippen LogP contribution in [-0.4, -0.2) is 90.3 Å². The minimum atomic E-state index is -0.993. The number of esters is 1. The van der Waals surface area contributed by atoms with Crippen LogP contribution in [0.15, 0.2) is 11.6 Å². The molecule has 2 aliphatic heterocycles. The van der Waals surface area contributed by atoms with E-state index in [1.807, 2.05) is 11.8 Å². The summed E-state index contributed by atoms with van der Waals surface area (Å²) in [7, 11) is 0. The molecule has 10 heteroatoms. The van der Waals surface area contributed by atoms with Gasteiger partial charge in [0.15, 0.2) is 0 Å². The number of nitrogens with one attached hydrogen (secondary N) is 1. The topological polar surface area (TPSA) is 135 Å². The highest BCUT2D eigenvalue weighted by molar-refractivity contribution is 5.85. The number of hydrogen-bond donors (Lipinski definition) is 3. The Morgan fingerprint density at radius 1 is 1.15 bits per heavy atom. The van der Waals surface area contributed by atoms with Gasteiger partial charge in [0, 0.05) is 31.1 Å². The average Bonchev–Trinajstić information content (AvgIpc) is 3.46. The third-order valence-electron chi connectivity index (χ3n) is 12.0. The number of ether oxygens (including phenoxy) is 3. The van der Waals surface area contributed by atoms with E-state index in [0.717, 1.165) is 50.6 Å². The number of hydrogen-bond acceptors (Lipinski definition) is 9. The molecule has 6 rings (SSSR count). The van der Waals surface area contributed by atoms with E-state index in [-0.39, 0.29) is 54.4 Å². The van der Waals surface area contributed by atoms with Crippen LogP contribution in [0.2, 0.25) is 0 Å². The normalized spacial score (nSPS) is 45.0. The summed E-state index contributed by atoms with van der Waals surface area (Å²) in [5.74, 6) is 0.208. The van der Waals surface area contributed by atoms with E-state index in [2.05, 4.69) is 12.2 Å². The largest absolute Gasteiger partial charge is 0.508 e. The summed E-state index contributed by atoms with van der Waals surface area (Å²) in [5, 5.41) is 26.8. The Bertz CT molecular complexity index is 1080. The maximum Gasteiger partial charge on any atom is 0.508 e. The minimum Gasteiger partial charge on any atom is -0.458 e. The Labute approximate surface area is 235 Å². The van der Waals surface area contributed by atoms with Crippen LogP contribution < -0.4 is 5.32 Å². The van der Waals surface area contributed by atoms with Gasteiger partial charge >= 0.3 is 12.1 Å². The molecule has 0 spiro atoms. The third kappa shape index (κ3) is 4.45. The Kier molecular flexibility index (Phi) is 7.19. The molecule has 2 heterocycles. The molecule has 5 fully saturated rings. The first-order valence-corrected chi connectivity index (χ1v) is 15.1. The second-order valence-corrected chi connectivity index (χ2v) is 13.6. The van der Waals surface area contributed by atoms with Gasteiger partial charge in [0.2, 0.25) is 5.91 Å². The van der Waals surface area contributed by atoms with Gasteiger partial charge in [-0.2, -0.15) is 0 Å². The third-order valence-corrected chi connectivity index (χ3v) is 12.0. The molecule has 0 aromatic rings. The summed E-state index contributed by atoms with van der Waals surface area (Å²) < 4.78 is 16.3. The van der Waals surface area contributed by atoms with Crippen LogP contribution in [-0.2, 0) is 23.8 Å². The summed E-state index contributed by atoms with van der Waals surface area (Å²) >= 11 is 0. The molecule has 1 saturated heterocycles. The number of nitrogens with zero attached hydrogens (tertiary/aromatic N) is 1. The zero-order valence-electron chi connectivity index (χ0n) is 23.7. The number of carbonyl (C=O) groups excluding carboxylic acids is 3. The van der Waals surface area contributed by atoms with Gasteiger partial charge in [-0.1, -0.05) is 13.8 Å². The number of rotatable bonds is 5. The van der Waals surface area contributed by atoms with Crippen molar-refractivity contribution in [3.8, 4) is 0 Å². The molecule has 4 aliphatic carbocycles. The molecule has 1 amide bonds. The minimum absolute atomic E-state index is 0.0129. The number of aliphatic hydroxyl groups excluding tert-OH is 1. The smallest absolute Gasteiger partial charge is 0.458 e. The van der Waals surface area contributed by atoms with E-state index in [4.69, 9.17) is 14.2 Å². The fraction of sp³-hybridized carbons (Fsp3) is 0.833. The van der Waals surface area contributed by atoms with Gasteiger partial charge in [0.25, 0.3) is 0 Å². The lowest BCUT2D eigenvalue weighted by molar-refractivity contribution is -0.245. The molecule has 0 radical (unpaired) electrons. The Morgan fingerprint density at radius 3 is 2.73 bits per heavy atom. The Balaban J connectivity index is 1.08. The molecular formula is C30H44N2O8. The maximum atomic E-state index is 12.4. The molecule has 10 nitrogen and oxygen atoms in total. The van der Waals surface area contributed by atoms with Crippen molar-refractivity contribution in [3.63, 3.8) is 0 Å². The number of aliphatic hydroxyl groups is 2. The van der Waals surface area contributed by atoms with E-state index in [1.165, 1.54) is 0 Å². The highest BCUT2D eigenvalue weighted by Gasteiger charge is 2.70. The number of amides is 1. The summed E-state index contributed by atoms with van der Waals surface area (Å²) in [6.45, 7) is 6.96. The molecule has 0 aromatic carbocycles. The summed E-state index contributed by atoms with van der Waals surface area (Å²) in [6.07, 6.45) is 6.25. The molecule has 0 unspecified atom stereocenters. The van der Waals surface area contributed by atoms with Crippen molar-refractivity contribution in [3.05, 3.63) is 11.6 Å². The average molecular weight is 561 g/mol. The fourth-order valence-corrected chi connectivity index (χ4v) is 9.77. The number of carbonyl (C=O) groups is 3. The SMILES string of the molecule is C[C@]12CC[C@H](OC(=O)OCCN3CCNC(=O)C3)C[C@H]1CC[C@@H]1[C@@H]2C[C@@H](O)[C@]2(C)[C@@H](C3=CC(=O)OC3)CC[C@]12O. The van der Waals surface area contributed by atoms with Gasteiger partial charge in [0.05, 0.1) is 18.2 Å². The summed E-state index contributed by atoms with van der Waals surface area (Å²) in [5.41, 5.74) is -0.846. The lowest BCUT2D eigenvalue weighted by atomic mass is 9.42. The van der Waals surface area contributed by atoms with Crippen LogP contribution in [0, 0.1) is 34.5 Å². The van der Waals surface area contributed by atoms with E-state index >= 15 is 0 Å². The summed E-state index contributed by atoms with van der Waals surface area (Å²) in [4.78, 5) is 37.7. The van der Waals surface area contributed by atoms with Crippen molar-refractivity contribution in [2.75, 3.05) is 39.4 Å². The van der Waals surface area contributed by atoms with Crippen molar-refractivity contribution in [2.45, 2.75) is 83.0 Å². The van der Waals surface area contributed by atoms with Crippen molar-refractivity contribution in [1.82, 2.24) is 10.2 Å². The lowest BCUT2D eigenvalue weighted by Crippen LogP contribution is -2.67. The van der Waals surface area contributed by atoms with Gasteiger partial charge in [-0.3, -0.25) is 9.69 Å². The van der Waals surface area contributed by atoms with Gasteiger partial charge in [0.1, 0.15) is 19.3 Å². The highest BCUT2D eigenvalue weighted by Crippen LogP contribution is 2.70.